The maximum absolute atomic E-state index is 11.8. The number of amides is 3. The van der Waals surface area contributed by atoms with Crippen molar-refractivity contribution in [2.45, 2.75) is 39.2 Å². The monoisotopic (exact) mass is 417 g/mol. The Morgan fingerprint density at radius 3 is 2.67 bits per heavy atom. The normalized spacial score (nSPS) is 14.9. The van der Waals surface area contributed by atoms with Crippen molar-refractivity contribution in [2.75, 3.05) is 32.0 Å². The van der Waals surface area contributed by atoms with Crippen LogP contribution in [0.3, 0.4) is 0 Å². The number of carbonyl (C=O) groups is 2. The molecule has 0 radical (unpaired) electrons. The highest BCUT2D eigenvalue weighted by atomic mass is 16.2. The zero-order valence-electron chi connectivity index (χ0n) is 17.7. The lowest BCUT2D eigenvalue weighted by Gasteiger charge is -2.32. The zero-order valence-corrected chi connectivity index (χ0v) is 17.7. The first-order valence-electron chi connectivity index (χ1n) is 10.3. The summed E-state index contributed by atoms with van der Waals surface area (Å²) in [6.45, 7) is 7.00. The van der Waals surface area contributed by atoms with Gasteiger partial charge in [-0.2, -0.15) is 0 Å². The van der Waals surface area contributed by atoms with E-state index in [-0.39, 0.29) is 16.2 Å². The molecule has 1 fully saturated rings. The maximum Gasteiger partial charge on any atom is 0.320 e. The van der Waals surface area contributed by atoms with E-state index in [0.717, 1.165) is 37.3 Å². The van der Waals surface area contributed by atoms with Crippen LogP contribution in [0, 0.1) is 6.92 Å². The molecule has 30 heavy (non-hydrogen) atoms. The summed E-state index contributed by atoms with van der Waals surface area (Å²) in [5.74, 6) is 0.775. The smallest absolute Gasteiger partial charge is 0.320 e. The number of likely N-dealkylation sites (tertiary alicyclic amines) is 1. The van der Waals surface area contributed by atoms with Crippen LogP contribution in [-0.4, -0.2) is 58.5 Å². The number of rotatable bonds is 6. The van der Waals surface area contributed by atoms with Crippen LogP contribution < -0.4 is 16.0 Å². The van der Waals surface area contributed by atoms with Crippen molar-refractivity contribution >= 4 is 17.8 Å². The first kappa shape index (κ1) is 21.6. The van der Waals surface area contributed by atoms with Gasteiger partial charge in [-0.05, 0) is 57.3 Å². The second kappa shape index (κ2) is 10.1. The second-order valence-electron chi connectivity index (χ2n) is 7.38. The molecular weight excluding hydrogens is 382 g/mol. The minimum atomic E-state index is -0.269. The van der Waals surface area contributed by atoms with Gasteiger partial charge in [-0.25, -0.2) is 19.7 Å². The third kappa shape index (κ3) is 5.50. The number of nitrogens with zero attached hydrogens (tertiary/aromatic N) is 4. The Labute approximate surface area is 181 Å². The molecule has 2 aromatic rings. The molecule has 1 aliphatic heterocycles. The maximum atomic E-state index is 11.8. The number of hydrogen-bond donors (Lipinski definition) is 3. The Morgan fingerprint density at radius 1 is 1.23 bits per heavy atom. The lowest BCUT2D eigenvalue weighted by Crippen LogP contribution is -2.33. The number of nitrogens with one attached hydrogen (secondary N) is 3. The van der Waals surface area contributed by atoms with E-state index in [0.29, 0.717) is 30.5 Å². The number of piperidine rings is 1. The number of hydrogen-bond acceptors (Lipinski definition) is 6. The van der Waals surface area contributed by atoms with Crippen molar-refractivity contribution in [3.8, 4) is 0 Å². The first-order chi connectivity index (χ1) is 14.5. The van der Waals surface area contributed by atoms with E-state index in [1.54, 1.807) is 13.1 Å². The van der Waals surface area contributed by atoms with Crippen molar-refractivity contribution in [1.29, 1.82) is 0 Å². The number of urea groups is 1. The highest BCUT2D eigenvalue weighted by Gasteiger charge is 2.23. The molecule has 3 N–H and O–H groups in total. The van der Waals surface area contributed by atoms with Crippen LogP contribution in [0.15, 0.2) is 24.5 Å². The van der Waals surface area contributed by atoms with Crippen LogP contribution in [0.2, 0.25) is 0 Å². The van der Waals surface area contributed by atoms with E-state index in [2.05, 4.69) is 35.8 Å². The van der Waals surface area contributed by atoms with Gasteiger partial charge in [0.1, 0.15) is 17.8 Å². The van der Waals surface area contributed by atoms with E-state index in [4.69, 9.17) is 0 Å². The van der Waals surface area contributed by atoms with Crippen LogP contribution in [-0.2, 0) is 6.54 Å². The molecule has 0 spiro atoms. The van der Waals surface area contributed by atoms with E-state index >= 15 is 0 Å². The number of pyridine rings is 1. The van der Waals surface area contributed by atoms with Gasteiger partial charge in [-0.15, -0.1) is 0 Å². The SMILES string of the molecule is CCNC(=O)Nc1cc(CN2CCC(c3ccc(C(=O)NC)nc3C)CC2)ncn1.[HH].[HH].[HH]. The van der Waals surface area contributed by atoms with Gasteiger partial charge in [0.15, 0.2) is 0 Å². The molecule has 0 unspecified atom stereocenters. The van der Waals surface area contributed by atoms with Gasteiger partial charge in [0.25, 0.3) is 5.91 Å². The van der Waals surface area contributed by atoms with Crippen molar-refractivity contribution in [3.63, 3.8) is 0 Å². The summed E-state index contributed by atoms with van der Waals surface area (Å²) in [6.07, 6.45) is 3.53. The Kier molecular flexibility index (Phi) is 7.29. The third-order valence-corrected chi connectivity index (χ3v) is 5.30. The van der Waals surface area contributed by atoms with E-state index < -0.39 is 0 Å². The van der Waals surface area contributed by atoms with Crippen LogP contribution in [0.1, 0.15) is 57.4 Å². The largest absolute Gasteiger partial charge is 0.354 e. The molecule has 9 heteroatoms. The fourth-order valence-corrected chi connectivity index (χ4v) is 3.76. The second-order valence-corrected chi connectivity index (χ2v) is 7.38. The highest BCUT2D eigenvalue weighted by molar-refractivity contribution is 5.92. The third-order valence-electron chi connectivity index (χ3n) is 5.30. The van der Waals surface area contributed by atoms with E-state index in [1.165, 1.54) is 11.9 Å². The van der Waals surface area contributed by atoms with Crippen LogP contribution in [0.5, 0.6) is 0 Å². The Bertz CT molecular complexity index is 909. The van der Waals surface area contributed by atoms with Crippen LogP contribution in [0.4, 0.5) is 10.6 Å². The zero-order chi connectivity index (χ0) is 21.5. The lowest BCUT2D eigenvalue weighted by molar-refractivity contribution is 0.0958. The molecule has 0 atom stereocenters. The summed E-state index contributed by atoms with van der Waals surface area (Å²) in [5, 5.41) is 8.01. The molecule has 3 rings (SSSR count). The van der Waals surface area contributed by atoms with Crippen molar-refractivity contribution in [3.05, 3.63) is 47.2 Å². The summed E-state index contributed by atoms with van der Waals surface area (Å²) in [4.78, 5) is 38.7. The summed E-state index contributed by atoms with van der Waals surface area (Å²) >= 11 is 0. The van der Waals surface area contributed by atoms with Gasteiger partial charge in [0, 0.05) is 36.2 Å². The Hall–Kier alpha value is -3.07. The van der Waals surface area contributed by atoms with Crippen LogP contribution >= 0.6 is 0 Å². The Morgan fingerprint density at radius 2 is 2.00 bits per heavy atom. The summed E-state index contributed by atoms with van der Waals surface area (Å²) in [6, 6.07) is 5.39. The lowest BCUT2D eigenvalue weighted by atomic mass is 9.88. The average Bonchev–Trinajstić information content (AvgIpc) is 2.74. The molecule has 2 aromatic heterocycles. The molecule has 0 saturated carbocycles. The van der Waals surface area contributed by atoms with Crippen molar-refractivity contribution in [2.24, 2.45) is 0 Å². The van der Waals surface area contributed by atoms with E-state index in [9.17, 15) is 9.59 Å². The molecule has 0 bridgehead atoms. The van der Waals surface area contributed by atoms with Gasteiger partial charge in [0.05, 0.1) is 5.69 Å². The van der Waals surface area contributed by atoms with Gasteiger partial charge in [0.2, 0.25) is 0 Å². The molecule has 166 valence electrons. The molecule has 1 saturated heterocycles. The quantitative estimate of drug-likeness (QED) is 0.666. The summed E-state index contributed by atoms with van der Waals surface area (Å²) < 4.78 is 0. The van der Waals surface area contributed by atoms with E-state index in [1.807, 2.05) is 26.0 Å². The number of aromatic nitrogens is 3. The molecule has 9 nitrogen and oxygen atoms in total. The fraction of sp³-hybridized carbons (Fsp3) is 0.476. The molecule has 0 aromatic carbocycles. The number of carbonyl (C=O) groups excluding carboxylic acids is 2. The van der Waals surface area contributed by atoms with Gasteiger partial charge >= 0.3 is 6.03 Å². The Balaban J connectivity index is 0.00000341. The topological polar surface area (TPSA) is 112 Å². The predicted octanol–water partition coefficient (Wildman–Crippen LogP) is 2.80. The molecule has 0 aliphatic carbocycles. The molecule has 1 aliphatic rings. The van der Waals surface area contributed by atoms with Crippen molar-refractivity contribution < 1.29 is 13.9 Å². The van der Waals surface area contributed by atoms with Crippen LogP contribution in [0.25, 0.3) is 0 Å². The number of aryl methyl sites for hydroxylation is 1. The predicted molar refractivity (Wildman–Crippen MR) is 121 cm³/mol. The fourth-order valence-electron chi connectivity index (χ4n) is 3.76. The van der Waals surface area contributed by atoms with Gasteiger partial charge in [-0.1, -0.05) is 6.07 Å². The average molecular weight is 418 g/mol. The molecule has 3 heterocycles. The number of anilines is 1. The van der Waals surface area contributed by atoms with Gasteiger partial charge in [-0.3, -0.25) is 15.0 Å². The molecule has 3 amide bonds. The summed E-state index contributed by atoms with van der Waals surface area (Å²) in [5.41, 5.74) is 3.48. The van der Waals surface area contributed by atoms with Gasteiger partial charge < -0.3 is 10.6 Å². The highest BCUT2D eigenvalue weighted by Crippen LogP contribution is 2.30. The first-order valence-corrected chi connectivity index (χ1v) is 10.3. The molecular formula is C21H35N7O2. The standard InChI is InChI=1S/C21H29N7O2.3H2/c1-4-23-21(30)27-19-11-16(24-13-25-19)12-28-9-7-15(8-10-28)17-5-6-18(20(29)22-3)26-14(17)2;;;/h5-6,11,13,15H,4,7-10,12H2,1-3H3,(H,22,29)(H2,23,24,25,27,30);3*1H. The van der Waals surface area contributed by atoms with Crippen molar-refractivity contribution in [1.82, 2.24) is 30.5 Å². The minimum Gasteiger partial charge on any atom is -0.354 e. The summed E-state index contributed by atoms with van der Waals surface area (Å²) in [7, 11) is 1.61. The minimum absolute atomic E-state index is 0.